The normalized spacial score (nSPS) is 9.75. The van der Waals surface area contributed by atoms with Gasteiger partial charge in [0.05, 0.1) is 17.1 Å². The predicted molar refractivity (Wildman–Crippen MR) is 84.4 cm³/mol. The zero-order valence-corrected chi connectivity index (χ0v) is 12.4. The Kier molecular flexibility index (Phi) is 4.80. The maximum atomic E-state index is 12.1. The van der Waals surface area contributed by atoms with Crippen LogP contribution >= 0.6 is 22.9 Å². The molecule has 2 aromatic rings. The van der Waals surface area contributed by atoms with E-state index >= 15 is 0 Å². The Hall–Kier alpha value is -1.80. The molecule has 1 amide bonds. The number of anilines is 1. The molecule has 5 heteroatoms. The Labute approximate surface area is 126 Å². The lowest BCUT2D eigenvalue weighted by atomic mass is 10.1. The highest BCUT2D eigenvalue weighted by atomic mass is 35.5. The molecule has 1 aromatic carbocycles. The SMILES string of the molecule is Cc1ccc(C(=O)Nc2cc(Cl)ccc2C#CCN)s1. The van der Waals surface area contributed by atoms with Gasteiger partial charge in [0.25, 0.3) is 5.91 Å². The van der Waals surface area contributed by atoms with Gasteiger partial charge in [0.15, 0.2) is 0 Å². The lowest BCUT2D eigenvalue weighted by molar-refractivity contribution is 0.103. The zero-order valence-electron chi connectivity index (χ0n) is 10.9. The first kappa shape index (κ1) is 14.6. The third-order valence-corrected chi connectivity index (χ3v) is 3.75. The number of nitrogens with one attached hydrogen (secondary N) is 1. The van der Waals surface area contributed by atoms with Crippen LogP contribution in [-0.4, -0.2) is 12.5 Å². The summed E-state index contributed by atoms with van der Waals surface area (Å²) in [4.78, 5) is 13.9. The van der Waals surface area contributed by atoms with Crippen LogP contribution in [-0.2, 0) is 0 Å². The third kappa shape index (κ3) is 3.61. The Bertz CT molecular complexity index is 697. The molecular formula is C15H13ClN2OS. The van der Waals surface area contributed by atoms with Crippen molar-refractivity contribution in [2.75, 3.05) is 11.9 Å². The largest absolute Gasteiger partial charge is 0.320 e. The van der Waals surface area contributed by atoms with E-state index in [2.05, 4.69) is 17.2 Å². The number of carbonyl (C=O) groups is 1. The molecule has 0 spiro atoms. The molecular weight excluding hydrogens is 292 g/mol. The summed E-state index contributed by atoms with van der Waals surface area (Å²) in [7, 11) is 0. The van der Waals surface area contributed by atoms with Crippen LogP contribution < -0.4 is 11.1 Å². The first-order valence-corrected chi connectivity index (χ1v) is 7.16. The minimum absolute atomic E-state index is 0.166. The number of hydrogen-bond acceptors (Lipinski definition) is 3. The molecule has 1 heterocycles. The van der Waals surface area contributed by atoms with Crippen LogP contribution in [0.1, 0.15) is 20.1 Å². The van der Waals surface area contributed by atoms with Gasteiger partial charge >= 0.3 is 0 Å². The molecule has 0 aliphatic carbocycles. The van der Waals surface area contributed by atoms with Gasteiger partial charge in [-0.25, -0.2) is 0 Å². The Morgan fingerprint density at radius 2 is 2.20 bits per heavy atom. The molecule has 1 aromatic heterocycles. The third-order valence-electron chi connectivity index (χ3n) is 2.52. The van der Waals surface area contributed by atoms with Crippen molar-refractivity contribution in [2.24, 2.45) is 5.73 Å². The number of benzene rings is 1. The summed E-state index contributed by atoms with van der Waals surface area (Å²) in [5.41, 5.74) is 6.65. The number of aryl methyl sites for hydroxylation is 1. The summed E-state index contributed by atoms with van der Waals surface area (Å²) in [6.07, 6.45) is 0. The van der Waals surface area contributed by atoms with Crippen LogP contribution in [0.2, 0.25) is 5.02 Å². The maximum Gasteiger partial charge on any atom is 0.265 e. The monoisotopic (exact) mass is 304 g/mol. The molecule has 0 saturated heterocycles. The van der Waals surface area contributed by atoms with Gasteiger partial charge in [-0.1, -0.05) is 23.4 Å². The molecule has 0 bridgehead atoms. The van der Waals surface area contributed by atoms with Gasteiger partial charge in [-0.15, -0.1) is 11.3 Å². The minimum Gasteiger partial charge on any atom is -0.320 e. The van der Waals surface area contributed by atoms with Crippen molar-refractivity contribution in [1.82, 2.24) is 0 Å². The van der Waals surface area contributed by atoms with Crippen molar-refractivity contribution in [2.45, 2.75) is 6.92 Å². The van der Waals surface area contributed by atoms with E-state index in [4.69, 9.17) is 17.3 Å². The van der Waals surface area contributed by atoms with E-state index in [1.165, 1.54) is 11.3 Å². The predicted octanol–water partition coefficient (Wildman–Crippen LogP) is 3.27. The number of carbonyl (C=O) groups excluding carboxylic acids is 1. The summed E-state index contributed by atoms with van der Waals surface area (Å²) < 4.78 is 0. The number of amides is 1. The smallest absolute Gasteiger partial charge is 0.265 e. The van der Waals surface area contributed by atoms with Crippen LogP contribution in [0.5, 0.6) is 0 Å². The molecule has 0 radical (unpaired) electrons. The van der Waals surface area contributed by atoms with Crippen molar-refractivity contribution in [3.63, 3.8) is 0 Å². The maximum absolute atomic E-state index is 12.1. The highest BCUT2D eigenvalue weighted by Gasteiger charge is 2.10. The van der Waals surface area contributed by atoms with E-state index < -0.39 is 0 Å². The van der Waals surface area contributed by atoms with Gasteiger partial charge in [0, 0.05) is 15.5 Å². The fraction of sp³-hybridized carbons (Fsp3) is 0.133. The Morgan fingerprint density at radius 3 is 2.85 bits per heavy atom. The fourth-order valence-corrected chi connectivity index (χ4v) is 2.55. The summed E-state index contributed by atoms with van der Waals surface area (Å²) in [5.74, 6) is 5.52. The van der Waals surface area contributed by atoms with Gasteiger partial charge in [0.2, 0.25) is 0 Å². The van der Waals surface area contributed by atoms with Crippen molar-refractivity contribution in [1.29, 1.82) is 0 Å². The van der Waals surface area contributed by atoms with E-state index in [-0.39, 0.29) is 12.5 Å². The van der Waals surface area contributed by atoms with Crippen molar-refractivity contribution >= 4 is 34.5 Å². The molecule has 102 valence electrons. The van der Waals surface area contributed by atoms with Crippen LogP contribution in [0.3, 0.4) is 0 Å². The summed E-state index contributed by atoms with van der Waals surface area (Å²) in [6.45, 7) is 2.22. The second kappa shape index (κ2) is 6.58. The molecule has 0 unspecified atom stereocenters. The number of hydrogen-bond donors (Lipinski definition) is 2. The van der Waals surface area contributed by atoms with Gasteiger partial charge < -0.3 is 11.1 Å². The zero-order chi connectivity index (χ0) is 14.5. The first-order valence-electron chi connectivity index (χ1n) is 5.96. The van der Waals surface area contributed by atoms with E-state index in [1.54, 1.807) is 24.3 Å². The molecule has 3 N–H and O–H groups in total. The van der Waals surface area contributed by atoms with E-state index in [9.17, 15) is 4.79 Å². The number of rotatable bonds is 2. The number of halogens is 1. The summed E-state index contributed by atoms with van der Waals surface area (Å²) in [5, 5.41) is 3.38. The van der Waals surface area contributed by atoms with E-state index in [0.29, 0.717) is 21.2 Å². The molecule has 0 saturated carbocycles. The van der Waals surface area contributed by atoms with Crippen molar-refractivity contribution < 1.29 is 4.79 Å². The van der Waals surface area contributed by atoms with Gasteiger partial charge in [-0.3, -0.25) is 4.79 Å². The molecule has 20 heavy (non-hydrogen) atoms. The average molecular weight is 305 g/mol. The summed E-state index contributed by atoms with van der Waals surface area (Å²) in [6, 6.07) is 8.88. The molecule has 0 aliphatic heterocycles. The molecule has 3 nitrogen and oxygen atoms in total. The molecule has 2 rings (SSSR count). The van der Waals surface area contributed by atoms with E-state index in [1.807, 2.05) is 13.0 Å². The standard InChI is InChI=1S/C15H13ClN2OS/c1-10-4-7-14(20-10)15(19)18-13-9-12(16)6-5-11(13)3-2-8-17/h4-7,9H,8,17H2,1H3,(H,18,19). The topological polar surface area (TPSA) is 55.1 Å². The van der Waals surface area contributed by atoms with Crippen LogP contribution in [0.15, 0.2) is 30.3 Å². The quantitative estimate of drug-likeness (QED) is 0.837. The molecule has 0 fully saturated rings. The van der Waals surface area contributed by atoms with Crippen LogP contribution in [0, 0.1) is 18.8 Å². The lowest BCUT2D eigenvalue weighted by Gasteiger charge is -2.07. The van der Waals surface area contributed by atoms with Gasteiger partial charge in [-0.05, 0) is 37.3 Å². The van der Waals surface area contributed by atoms with Crippen LogP contribution in [0.25, 0.3) is 0 Å². The highest BCUT2D eigenvalue weighted by Crippen LogP contribution is 2.22. The van der Waals surface area contributed by atoms with Crippen molar-refractivity contribution in [3.05, 3.63) is 50.7 Å². The highest BCUT2D eigenvalue weighted by molar-refractivity contribution is 7.14. The first-order chi connectivity index (χ1) is 9.60. The Morgan fingerprint density at radius 1 is 1.40 bits per heavy atom. The second-order valence-corrected chi connectivity index (χ2v) is 5.78. The van der Waals surface area contributed by atoms with E-state index in [0.717, 1.165) is 4.88 Å². The lowest BCUT2D eigenvalue weighted by Crippen LogP contribution is -2.11. The molecule has 0 aliphatic rings. The van der Waals surface area contributed by atoms with Gasteiger partial charge in [-0.2, -0.15) is 0 Å². The number of thiophene rings is 1. The summed E-state index contributed by atoms with van der Waals surface area (Å²) >= 11 is 7.40. The Balaban J connectivity index is 2.28. The van der Waals surface area contributed by atoms with Gasteiger partial charge in [0.1, 0.15) is 0 Å². The minimum atomic E-state index is -0.166. The second-order valence-electron chi connectivity index (χ2n) is 4.06. The number of nitrogens with two attached hydrogens (primary N) is 1. The molecule has 0 atom stereocenters. The van der Waals surface area contributed by atoms with Crippen LogP contribution in [0.4, 0.5) is 5.69 Å². The fourth-order valence-electron chi connectivity index (χ4n) is 1.62. The van der Waals surface area contributed by atoms with Crippen molar-refractivity contribution in [3.8, 4) is 11.8 Å². The average Bonchev–Trinajstić information content (AvgIpc) is 2.85.